The largest absolute Gasteiger partial charge is 0.316 e. The summed E-state index contributed by atoms with van der Waals surface area (Å²) in [6.07, 6.45) is 20.2. The molecule has 0 aromatic carbocycles. The second-order valence-corrected chi connectivity index (χ2v) is 8.59. The van der Waals surface area contributed by atoms with E-state index in [1.165, 1.54) is 31.9 Å². The summed E-state index contributed by atoms with van der Waals surface area (Å²) in [5.41, 5.74) is 7.37. The van der Waals surface area contributed by atoms with E-state index in [2.05, 4.69) is 88.8 Å². The fraction of sp³-hybridized carbons (Fsp3) is 0.231. The van der Waals surface area contributed by atoms with E-state index < -0.39 is 0 Å². The minimum atomic E-state index is 0.208. The average Bonchev–Trinajstić information content (AvgIpc) is 2.72. The maximum atomic E-state index is 4.56. The molecule has 3 heteroatoms. The van der Waals surface area contributed by atoms with Crippen LogP contribution in [0.1, 0.15) is 34.1 Å². The van der Waals surface area contributed by atoms with Gasteiger partial charge >= 0.3 is 0 Å². The van der Waals surface area contributed by atoms with Crippen LogP contribution in [0.3, 0.4) is 0 Å². The molecule has 1 nitrogen and oxygen atoms in total. The summed E-state index contributed by atoms with van der Waals surface area (Å²) < 4.78 is 0. The molecule has 0 saturated heterocycles. The topological polar surface area (TPSA) is 3.24 Å². The van der Waals surface area contributed by atoms with E-state index >= 15 is 0 Å². The van der Waals surface area contributed by atoms with Crippen molar-refractivity contribution >= 4 is 18.5 Å². The molecule has 0 bridgehead atoms. The summed E-state index contributed by atoms with van der Waals surface area (Å²) >= 11 is 1.88. The van der Waals surface area contributed by atoms with Crippen LogP contribution >= 0.6 is 11.8 Å². The van der Waals surface area contributed by atoms with E-state index in [4.69, 9.17) is 0 Å². The highest BCUT2D eigenvalue weighted by molar-refractivity contribution is 8.07. The van der Waals surface area contributed by atoms with E-state index in [1.54, 1.807) is 6.08 Å². The maximum Gasteiger partial charge on any atom is 0.248 e. The molecule has 2 aliphatic heterocycles. The van der Waals surface area contributed by atoms with Crippen LogP contribution in [-0.4, -0.2) is 11.6 Å². The smallest absolute Gasteiger partial charge is 0.248 e. The molecule has 3 aliphatic rings. The summed E-state index contributed by atoms with van der Waals surface area (Å²) in [6.45, 7) is 21.4. The highest BCUT2D eigenvalue weighted by Crippen LogP contribution is 2.51. The molecule has 0 aromatic heterocycles. The van der Waals surface area contributed by atoms with Gasteiger partial charge in [-0.3, -0.25) is 0 Å². The predicted molar refractivity (Wildman–Crippen MR) is 132 cm³/mol. The van der Waals surface area contributed by atoms with Crippen molar-refractivity contribution < 1.29 is 0 Å². The van der Waals surface area contributed by atoms with Crippen molar-refractivity contribution in [1.29, 1.82) is 0 Å². The SMILES string of the molecule is C=C/C=C\C(=C/C)N1C(=C)C2=C(C=C)SC3=C(C=CCC3C)B2C(/C=C\C)=C1C. The van der Waals surface area contributed by atoms with Crippen LogP contribution in [0.4, 0.5) is 0 Å². The first-order valence-corrected chi connectivity index (χ1v) is 11.0. The Morgan fingerprint density at radius 3 is 2.69 bits per heavy atom. The van der Waals surface area contributed by atoms with E-state index in [-0.39, 0.29) is 6.71 Å². The van der Waals surface area contributed by atoms with Crippen molar-refractivity contribution in [3.8, 4) is 0 Å². The van der Waals surface area contributed by atoms with Crippen LogP contribution in [0.5, 0.6) is 0 Å². The van der Waals surface area contributed by atoms with Crippen LogP contribution in [0.25, 0.3) is 0 Å². The van der Waals surface area contributed by atoms with Gasteiger partial charge in [-0.05, 0) is 55.0 Å². The second kappa shape index (κ2) is 8.96. The molecule has 3 rings (SSSR count). The first-order chi connectivity index (χ1) is 14.0. The van der Waals surface area contributed by atoms with Gasteiger partial charge in [0.05, 0.1) is 0 Å². The van der Waals surface area contributed by atoms with Crippen molar-refractivity contribution in [1.82, 2.24) is 4.90 Å². The number of fused-ring (bicyclic) bond motifs is 2. The van der Waals surface area contributed by atoms with Crippen molar-refractivity contribution in [2.24, 2.45) is 5.92 Å². The number of allylic oxidation sites excluding steroid dienone is 14. The van der Waals surface area contributed by atoms with Crippen LogP contribution in [-0.2, 0) is 0 Å². The fourth-order valence-electron chi connectivity index (χ4n) is 4.40. The molecule has 0 radical (unpaired) electrons. The fourth-order valence-corrected chi connectivity index (χ4v) is 5.67. The summed E-state index contributed by atoms with van der Waals surface area (Å²) in [5, 5.41) is 0. The molecule has 29 heavy (non-hydrogen) atoms. The van der Waals surface area contributed by atoms with Gasteiger partial charge in [0.15, 0.2) is 0 Å². The standard InChI is InChI=1S/C26H30BNS/c1-8-12-16-21(10-3)28-19(6)22(14-9-2)27-23-17-13-15-18(5)26(23)29-24(11-4)25(27)20(28)7/h8-14,16-18H,1,4,7,15H2,2-3,5-6H3/b14-9-,16-12-,21-10+. The summed E-state index contributed by atoms with van der Waals surface area (Å²) in [4.78, 5) is 4.97. The van der Waals surface area contributed by atoms with Crippen molar-refractivity contribution in [3.63, 3.8) is 0 Å². The normalized spacial score (nSPS) is 22.8. The van der Waals surface area contributed by atoms with Crippen molar-refractivity contribution in [2.45, 2.75) is 34.1 Å². The number of hydrogen-bond acceptors (Lipinski definition) is 2. The maximum absolute atomic E-state index is 4.56. The highest BCUT2D eigenvalue weighted by atomic mass is 32.2. The van der Waals surface area contributed by atoms with Crippen LogP contribution in [0.15, 0.2) is 118 Å². The molecule has 0 spiro atoms. The van der Waals surface area contributed by atoms with Gasteiger partial charge in [0, 0.05) is 22.0 Å². The monoisotopic (exact) mass is 399 g/mol. The molecule has 0 fully saturated rings. The lowest BCUT2D eigenvalue weighted by Crippen LogP contribution is -2.40. The molecule has 0 saturated carbocycles. The predicted octanol–water partition coefficient (Wildman–Crippen LogP) is 7.46. The Bertz CT molecular complexity index is 965. The minimum absolute atomic E-state index is 0.208. The molecule has 1 aliphatic carbocycles. The van der Waals surface area contributed by atoms with Crippen LogP contribution < -0.4 is 0 Å². The lowest BCUT2D eigenvalue weighted by molar-refractivity contribution is 0.551. The zero-order valence-corrected chi connectivity index (χ0v) is 18.9. The van der Waals surface area contributed by atoms with Gasteiger partial charge in [0.25, 0.3) is 0 Å². The van der Waals surface area contributed by atoms with Crippen molar-refractivity contribution in [2.75, 3.05) is 0 Å². The van der Waals surface area contributed by atoms with Gasteiger partial charge in [0.1, 0.15) is 0 Å². The quantitative estimate of drug-likeness (QED) is 0.349. The first-order valence-electron chi connectivity index (χ1n) is 10.2. The highest BCUT2D eigenvalue weighted by Gasteiger charge is 2.43. The van der Waals surface area contributed by atoms with Gasteiger partial charge < -0.3 is 4.90 Å². The zero-order valence-electron chi connectivity index (χ0n) is 18.0. The molecule has 2 heterocycles. The third-order valence-electron chi connectivity index (χ3n) is 5.74. The van der Waals surface area contributed by atoms with Gasteiger partial charge in [-0.2, -0.15) is 0 Å². The number of hydrogen-bond donors (Lipinski definition) is 0. The summed E-state index contributed by atoms with van der Waals surface area (Å²) in [7, 11) is 0. The van der Waals surface area contributed by atoms with E-state index in [0.717, 1.165) is 17.8 Å². The van der Waals surface area contributed by atoms with Gasteiger partial charge in [-0.15, -0.1) is 0 Å². The Morgan fingerprint density at radius 1 is 1.31 bits per heavy atom. The Labute approximate surface area is 181 Å². The molecule has 0 amide bonds. The van der Waals surface area contributed by atoms with Crippen LogP contribution in [0, 0.1) is 5.92 Å². The molecular weight excluding hydrogens is 369 g/mol. The minimum Gasteiger partial charge on any atom is -0.316 e. The van der Waals surface area contributed by atoms with E-state index in [0.29, 0.717) is 5.92 Å². The number of nitrogens with zero attached hydrogens (tertiary/aromatic N) is 1. The zero-order chi connectivity index (χ0) is 21.1. The second-order valence-electron chi connectivity index (χ2n) is 7.51. The van der Waals surface area contributed by atoms with Crippen molar-refractivity contribution in [3.05, 3.63) is 118 Å². The molecule has 0 aromatic rings. The van der Waals surface area contributed by atoms with Gasteiger partial charge in [-0.25, -0.2) is 0 Å². The Morgan fingerprint density at radius 2 is 2.07 bits per heavy atom. The number of thioether (sulfide) groups is 1. The third kappa shape index (κ3) is 3.64. The summed E-state index contributed by atoms with van der Waals surface area (Å²) in [5.74, 6) is 0.539. The summed E-state index contributed by atoms with van der Waals surface area (Å²) in [6, 6.07) is 0. The Kier molecular flexibility index (Phi) is 6.59. The van der Waals surface area contributed by atoms with Crippen LogP contribution in [0.2, 0.25) is 0 Å². The van der Waals surface area contributed by atoms with Gasteiger partial charge in [-0.1, -0.05) is 92.5 Å². The first kappa shape index (κ1) is 21.3. The third-order valence-corrected chi connectivity index (χ3v) is 7.20. The Balaban J connectivity index is 2.31. The van der Waals surface area contributed by atoms with E-state index in [9.17, 15) is 0 Å². The van der Waals surface area contributed by atoms with Gasteiger partial charge in [0.2, 0.25) is 6.71 Å². The lowest BCUT2D eigenvalue weighted by atomic mass is 9.32. The average molecular weight is 399 g/mol. The van der Waals surface area contributed by atoms with E-state index in [1.807, 2.05) is 23.9 Å². The molecular formula is C26H30BNS. The molecule has 1 unspecified atom stereocenters. The Hall–Kier alpha value is -2.39. The lowest BCUT2D eigenvalue weighted by Gasteiger charge is -2.43. The molecule has 0 N–H and O–H groups in total. The molecule has 1 atom stereocenters. The number of rotatable bonds is 5. The molecule has 148 valence electrons.